The van der Waals surface area contributed by atoms with Gasteiger partial charge in [-0.2, -0.15) is 11.3 Å². The predicted molar refractivity (Wildman–Crippen MR) is 99.9 cm³/mol. The summed E-state index contributed by atoms with van der Waals surface area (Å²) in [5, 5.41) is 11.3. The van der Waals surface area contributed by atoms with Crippen molar-refractivity contribution in [2.24, 2.45) is 0 Å². The Labute approximate surface area is 148 Å². The smallest absolute Gasteiger partial charge is 0.171 e. The SMILES string of the molecule is CC1(C)C[C@@H](NC(=S)Nc2ccsc2)c2cc(Br)ccc2O1. The molecule has 1 aliphatic heterocycles. The van der Waals surface area contributed by atoms with E-state index in [0.717, 1.165) is 27.9 Å². The molecule has 0 unspecified atom stereocenters. The number of nitrogens with one attached hydrogen (secondary N) is 2. The summed E-state index contributed by atoms with van der Waals surface area (Å²) < 4.78 is 7.11. The Bertz CT molecular complexity index is 685. The first-order valence-corrected chi connectivity index (χ1v) is 9.15. The molecule has 1 aliphatic rings. The third-order valence-electron chi connectivity index (χ3n) is 3.51. The van der Waals surface area contributed by atoms with Crippen molar-refractivity contribution < 1.29 is 4.74 Å². The summed E-state index contributed by atoms with van der Waals surface area (Å²) in [6.07, 6.45) is 0.849. The number of hydrogen-bond acceptors (Lipinski definition) is 3. The molecule has 0 aliphatic carbocycles. The highest BCUT2D eigenvalue weighted by Crippen LogP contribution is 2.40. The maximum absolute atomic E-state index is 6.07. The van der Waals surface area contributed by atoms with Crippen molar-refractivity contribution in [3.8, 4) is 5.75 Å². The minimum atomic E-state index is -0.226. The number of anilines is 1. The van der Waals surface area contributed by atoms with Crippen LogP contribution in [0.4, 0.5) is 5.69 Å². The second kappa shape index (κ2) is 6.18. The van der Waals surface area contributed by atoms with Gasteiger partial charge in [-0.3, -0.25) is 0 Å². The second-order valence-electron chi connectivity index (χ2n) is 5.91. The lowest BCUT2D eigenvalue weighted by Gasteiger charge is -2.38. The summed E-state index contributed by atoms with van der Waals surface area (Å²) in [7, 11) is 0. The summed E-state index contributed by atoms with van der Waals surface area (Å²) >= 11 is 10.6. The van der Waals surface area contributed by atoms with Gasteiger partial charge in [0.25, 0.3) is 0 Å². The number of ether oxygens (including phenoxy) is 1. The average molecular weight is 397 g/mol. The summed E-state index contributed by atoms with van der Waals surface area (Å²) in [5.41, 5.74) is 1.92. The maximum Gasteiger partial charge on any atom is 0.171 e. The number of hydrogen-bond donors (Lipinski definition) is 2. The first-order valence-electron chi connectivity index (χ1n) is 7.01. The molecule has 116 valence electrons. The van der Waals surface area contributed by atoms with Crippen LogP contribution in [0.3, 0.4) is 0 Å². The van der Waals surface area contributed by atoms with Crippen LogP contribution in [0.25, 0.3) is 0 Å². The van der Waals surface area contributed by atoms with Gasteiger partial charge in [-0.15, -0.1) is 0 Å². The van der Waals surface area contributed by atoms with E-state index < -0.39 is 0 Å². The van der Waals surface area contributed by atoms with Crippen LogP contribution in [0.5, 0.6) is 5.75 Å². The molecule has 3 rings (SSSR count). The van der Waals surface area contributed by atoms with Crippen molar-refractivity contribution in [1.29, 1.82) is 0 Å². The molecule has 0 amide bonds. The Kier molecular flexibility index (Phi) is 4.43. The summed E-state index contributed by atoms with van der Waals surface area (Å²) in [5.74, 6) is 0.912. The van der Waals surface area contributed by atoms with Gasteiger partial charge in [0.2, 0.25) is 0 Å². The third-order valence-corrected chi connectivity index (χ3v) is 4.91. The van der Waals surface area contributed by atoms with Gasteiger partial charge in [0.05, 0.1) is 11.7 Å². The third kappa shape index (κ3) is 3.62. The number of thiophene rings is 1. The fourth-order valence-electron chi connectivity index (χ4n) is 2.62. The summed E-state index contributed by atoms with van der Waals surface area (Å²) in [4.78, 5) is 0. The molecule has 3 nitrogen and oxygen atoms in total. The van der Waals surface area contributed by atoms with E-state index in [1.54, 1.807) is 11.3 Å². The van der Waals surface area contributed by atoms with E-state index in [2.05, 4.69) is 46.5 Å². The number of halogens is 1. The minimum absolute atomic E-state index is 0.120. The van der Waals surface area contributed by atoms with Crippen molar-refractivity contribution in [3.63, 3.8) is 0 Å². The van der Waals surface area contributed by atoms with E-state index in [-0.39, 0.29) is 11.6 Å². The molecule has 22 heavy (non-hydrogen) atoms. The van der Waals surface area contributed by atoms with Crippen molar-refractivity contribution in [3.05, 3.63) is 45.1 Å². The largest absolute Gasteiger partial charge is 0.487 e. The van der Waals surface area contributed by atoms with Crippen LogP contribution in [0.15, 0.2) is 39.5 Å². The van der Waals surface area contributed by atoms with Crippen LogP contribution >= 0.6 is 39.5 Å². The topological polar surface area (TPSA) is 33.3 Å². The van der Waals surface area contributed by atoms with Crippen molar-refractivity contribution >= 4 is 50.3 Å². The monoisotopic (exact) mass is 396 g/mol. The van der Waals surface area contributed by atoms with Crippen LogP contribution < -0.4 is 15.4 Å². The van der Waals surface area contributed by atoms with E-state index in [9.17, 15) is 0 Å². The van der Waals surface area contributed by atoms with Gasteiger partial charge in [0.1, 0.15) is 11.4 Å². The summed E-state index contributed by atoms with van der Waals surface area (Å²) in [6.45, 7) is 4.20. The van der Waals surface area contributed by atoms with Gasteiger partial charge in [-0.1, -0.05) is 15.9 Å². The van der Waals surface area contributed by atoms with Crippen molar-refractivity contribution in [1.82, 2.24) is 5.32 Å². The zero-order valence-electron chi connectivity index (χ0n) is 12.4. The van der Waals surface area contributed by atoms with Crippen molar-refractivity contribution in [2.45, 2.75) is 31.9 Å². The Morgan fingerprint density at radius 1 is 1.41 bits per heavy atom. The molecule has 0 radical (unpaired) electrons. The van der Waals surface area contributed by atoms with Crippen LogP contribution in [-0.2, 0) is 0 Å². The standard InChI is InChI=1S/C16H17BrN2OS2/c1-16(2)8-13(12-7-10(17)3-4-14(12)20-16)19-15(21)18-11-5-6-22-9-11/h3-7,9,13H,8H2,1-2H3,(H2,18,19,21)/t13-/m1/s1. The van der Waals surface area contributed by atoms with Gasteiger partial charge in [-0.05, 0) is 55.7 Å². The molecule has 0 saturated carbocycles. The van der Waals surface area contributed by atoms with E-state index in [1.165, 1.54) is 0 Å². The second-order valence-corrected chi connectivity index (χ2v) is 8.02. The predicted octanol–water partition coefficient (Wildman–Crippen LogP) is 5.10. The Morgan fingerprint density at radius 3 is 2.95 bits per heavy atom. The normalized spacial score (nSPS) is 19.0. The zero-order chi connectivity index (χ0) is 15.7. The highest BCUT2D eigenvalue weighted by Gasteiger charge is 2.34. The highest BCUT2D eigenvalue weighted by molar-refractivity contribution is 9.10. The molecule has 0 bridgehead atoms. The zero-order valence-corrected chi connectivity index (χ0v) is 15.6. The lowest BCUT2D eigenvalue weighted by molar-refractivity contribution is 0.0696. The molecule has 2 N–H and O–H groups in total. The van der Waals surface area contributed by atoms with Gasteiger partial charge < -0.3 is 15.4 Å². The molecule has 6 heteroatoms. The first-order chi connectivity index (χ1) is 10.4. The van der Waals surface area contributed by atoms with E-state index >= 15 is 0 Å². The average Bonchev–Trinajstić information content (AvgIpc) is 2.91. The summed E-state index contributed by atoms with van der Waals surface area (Å²) in [6, 6.07) is 8.23. The van der Waals surface area contributed by atoms with Gasteiger partial charge in [-0.25, -0.2) is 0 Å². The van der Waals surface area contributed by atoms with Gasteiger partial charge in [0.15, 0.2) is 5.11 Å². The maximum atomic E-state index is 6.07. The Balaban J connectivity index is 1.80. The van der Waals surface area contributed by atoms with Crippen LogP contribution in [0.2, 0.25) is 0 Å². The molecular formula is C16H17BrN2OS2. The Morgan fingerprint density at radius 2 is 2.23 bits per heavy atom. The fourth-order valence-corrected chi connectivity index (χ4v) is 3.84. The quantitative estimate of drug-likeness (QED) is 0.691. The van der Waals surface area contributed by atoms with Gasteiger partial charge >= 0.3 is 0 Å². The molecule has 2 heterocycles. The van der Waals surface area contributed by atoms with E-state index in [4.69, 9.17) is 17.0 Å². The minimum Gasteiger partial charge on any atom is -0.487 e. The van der Waals surface area contributed by atoms with E-state index in [0.29, 0.717) is 5.11 Å². The molecule has 1 atom stereocenters. The van der Waals surface area contributed by atoms with Gasteiger partial charge in [0, 0.05) is 21.8 Å². The van der Waals surface area contributed by atoms with Crippen LogP contribution in [0.1, 0.15) is 31.9 Å². The molecule has 0 spiro atoms. The molecular weight excluding hydrogens is 380 g/mol. The highest BCUT2D eigenvalue weighted by atomic mass is 79.9. The van der Waals surface area contributed by atoms with Crippen LogP contribution in [-0.4, -0.2) is 10.7 Å². The molecule has 1 aromatic carbocycles. The fraction of sp³-hybridized carbons (Fsp3) is 0.312. The molecule has 0 saturated heterocycles. The number of thiocarbonyl (C=S) groups is 1. The molecule has 2 aromatic rings. The van der Waals surface area contributed by atoms with Crippen LogP contribution in [0, 0.1) is 0 Å². The lowest BCUT2D eigenvalue weighted by Crippen LogP contribution is -2.42. The lowest BCUT2D eigenvalue weighted by atomic mass is 9.90. The molecule has 1 aromatic heterocycles. The number of rotatable bonds is 2. The Hall–Kier alpha value is -1.11. The molecule has 0 fully saturated rings. The van der Waals surface area contributed by atoms with Crippen molar-refractivity contribution in [2.75, 3.05) is 5.32 Å². The number of benzene rings is 1. The number of fused-ring (bicyclic) bond motifs is 1. The van der Waals surface area contributed by atoms with E-state index in [1.807, 2.05) is 29.0 Å². The first kappa shape index (κ1) is 15.8.